The molecule has 3 unspecified atom stereocenters. The molecule has 0 bridgehead atoms. The third-order valence-electron chi connectivity index (χ3n) is 4.78. The fraction of sp³-hybridized carbons (Fsp3) is 0.391. The summed E-state index contributed by atoms with van der Waals surface area (Å²) >= 11 is 0. The maximum Gasteiger partial charge on any atom is 0.305 e. The van der Waals surface area contributed by atoms with E-state index < -0.39 is 36.4 Å². The molecule has 4 N–H and O–H groups in total. The van der Waals surface area contributed by atoms with Crippen molar-refractivity contribution in [2.24, 2.45) is 5.92 Å². The lowest BCUT2D eigenvalue weighted by molar-refractivity contribution is -0.139. The fourth-order valence-corrected chi connectivity index (χ4v) is 3.25. The molecule has 0 heterocycles. The van der Waals surface area contributed by atoms with Crippen molar-refractivity contribution in [2.45, 2.75) is 51.7 Å². The van der Waals surface area contributed by atoms with Crippen molar-refractivity contribution in [2.75, 3.05) is 5.32 Å². The Bertz CT molecular complexity index is 938. The van der Waals surface area contributed by atoms with Crippen LogP contribution >= 0.6 is 0 Å². The van der Waals surface area contributed by atoms with Gasteiger partial charge in [-0.25, -0.2) is 0 Å². The molecule has 0 saturated heterocycles. The number of carbonyl (C=O) groups excluding carboxylic acids is 3. The van der Waals surface area contributed by atoms with Gasteiger partial charge in [0, 0.05) is 11.1 Å². The number of hydrogen-bond acceptors (Lipinski definition) is 5. The number of carbonyl (C=O) groups is 4. The summed E-state index contributed by atoms with van der Waals surface area (Å²) < 4.78 is 0. The number of aldehydes is 1. The topological polar surface area (TPSA) is 125 Å². The van der Waals surface area contributed by atoms with Crippen LogP contribution in [-0.2, 0) is 19.2 Å². The number of fused-ring (bicyclic) bond motifs is 1. The zero-order valence-corrected chi connectivity index (χ0v) is 17.9. The first-order chi connectivity index (χ1) is 14.7. The van der Waals surface area contributed by atoms with E-state index in [1.165, 1.54) is 0 Å². The predicted octanol–water partition coefficient (Wildman–Crippen LogP) is 2.33. The van der Waals surface area contributed by atoms with Gasteiger partial charge in [0.1, 0.15) is 18.4 Å². The number of benzene rings is 2. The van der Waals surface area contributed by atoms with Crippen LogP contribution in [-0.4, -0.2) is 47.3 Å². The van der Waals surface area contributed by atoms with Gasteiger partial charge in [0.15, 0.2) is 0 Å². The third kappa shape index (κ3) is 7.09. The van der Waals surface area contributed by atoms with E-state index in [9.17, 15) is 19.2 Å². The lowest BCUT2D eigenvalue weighted by Crippen LogP contribution is -2.53. The van der Waals surface area contributed by atoms with Crippen LogP contribution in [0.4, 0.5) is 5.69 Å². The van der Waals surface area contributed by atoms with Gasteiger partial charge in [0.2, 0.25) is 11.8 Å². The van der Waals surface area contributed by atoms with Crippen molar-refractivity contribution < 1.29 is 24.3 Å². The lowest BCUT2D eigenvalue weighted by Gasteiger charge is -2.24. The zero-order chi connectivity index (χ0) is 23.0. The molecule has 0 saturated carbocycles. The van der Waals surface area contributed by atoms with E-state index in [0.29, 0.717) is 12.7 Å². The van der Waals surface area contributed by atoms with Gasteiger partial charge in [-0.2, -0.15) is 0 Å². The molecule has 0 aliphatic carbocycles. The number of anilines is 1. The molecular weight excluding hydrogens is 398 g/mol. The second kappa shape index (κ2) is 11.1. The Morgan fingerprint density at radius 2 is 1.65 bits per heavy atom. The van der Waals surface area contributed by atoms with Crippen LogP contribution in [0.3, 0.4) is 0 Å². The monoisotopic (exact) mass is 427 g/mol. The molecule has 166 valence electrons. The van der Waals surface area contributed by atoms with Crippen molar-refractivity contribution in [1.82, 2.24) is 10.6 Å². The van der Waals surface area contributed by atoms with Crippen molar-refractivity contribution in [3.05, 3.63) is 42.5 Å². The highest BCUT2D eigenvalue weighted by molar-refractivity contribution is 5.97. The molecule has 2 rings (SSSR count). The van der Waals surface area contributed by atoms with Crippen molar-refractivity contribution in [3.63, 3.8) is 0 Å². The quantitative estimate of drug-likeness (QED) is 0.408. The smallest absolute Gasteiger partial charge is 0.305 e. The highest BCUT2D eigenvalue weighted by Gasteiger charge is 2.27. The first-order valence-electron chi connectivity index (χ1n) is 10.2. The van der Waals surface area contributed by atoms with E-state index in [4.69, 9.17) is 5.11 Å². The number of rotatable bonds is 11. The second-order valence-electron chi connectivity index (χ2n) is 7.93. The Balaban J connectivity index is 2.09. The summed E-state index contributed by atoms with van der Waals surface area (Å²) in [7, 11) is 0. The Morgan fingerprint density at radius 3 is 2.29 bits per heavy atom. The molecule has 0 aliphatic rings. The maximum absolute atomic E-state index is 12.8. The number of carboxylic acid groups (broad SMARTS) is 1. The van der Waals surface area contributed by atoms with Gasteiger partial charge in [0.25, 0.3) is 0 Å². The summed E-state index contributed by atoms with van der Waals surface area (Å²) in [5, 5.41) is 19.2. The third-order valence-corrected chi connectivity index (χ3v) is 4.78. The summed E-state index contributed by atoms with van der Waals surface area (Å²) in [4.78, 5) is 47.3. The number of amides is 2. The first-order valence-corrected chi connectivity index (χ1v) is 10.2. The van der Waals surface area contributed by atoms with Crippen LogP contribution in [0.5, 0.6) is 0 Å². The summed E-state index contributed by atoms with van der Waals surface area (Å²) in [5.74, 6) is -2.08. The van der Waals surface area contributed by atoms with Crippen LogP contribution in [0, 0.1) is 5.92 Å². The normalized spacial score (nSPS) is 13.8. The molecule has 0 radical (unpaired) electrons. The van der Waals surface area contributed by atoms with E-state index in [0.717, 1.165) is 16.5 Å². The Hall–Kier alpha value is -3.42. The first kappa shape index (κ1) is 23.9. The van der Waals surface area contributed by atoms with Crippen molar-refractivity contribution >= 4 is 40.5 Å². The standard InChI is InChI=1S/C23H29N3O5/c1-14(2)11-20(23(31)25-17(13-27)12-21(28)29)26-22(30)15(3)24-19-10-6-8-16-7-4-5-9-18(16)19/h4-10,13-15,17,20,24H,11-12H2,1-3H3,(H,25,31)(H,26,30)(H,28,29). The largest absolute Gasteiger partial charge is 0.481 e. The summed E-state index contributed by atoms with van der Waals surface area (Å²) in [5.41, 5.74) is 0.799. The van der Waals surface area contributed by atoms with Gasteiger partial charge in [0.05, 0.1) is 12.5 Å². The average Bonchev–Trinajstić information content (AvgIpc) is 2.72. The van der Waals surface area contributed by atoms with Gasteiger partial charge < -0.3 is 25.9 Å². The zero-order valence-electron chi connectivity index (χ0n) is 17.9. The Labute approximate surface area is 181 Å². The van der Waals surface area contributed by atoms with Gasteiger partial charge in [-0.15, -0.1) is 0 Å². The molecule has 0 aliphatic heterocycles. The number of hydrogen-bond donors (Lipinski definition) is 4. The molecule has 2 aromatic carbocycles. The summed E-state index contributed by atoms with van der Waals surface area (Å²) in [6, 6.07) is 10.9. The van der Waals surface area contributed by atoms with Crippen LogP contribution in [0.25, 0.3) is 10.8 Å². The van der Waals surface area contributed by atoms with Gasteiger partial charge >= 0.3 is 5.97 Å². The molecule has 3 atom stereocenters. The molecule has 31 heavy (non-hydrogen) atoms. The molecule has 8 heteroatoms. The highest BCUT2D eigenvalue weighted by atomic mass is 16.4. The van der Waals surface area contributed by atoms with Crippen molar-refractivity contribution in [1.29, 1.82) is 0 Å². The number of aliphatic carboxylic acids is 1. The van der Waals surface area contributed by atoms with E-state index >= 15 is 0 Å². The average molecular weight is 428 g/mol. The SMILES string of the molecule is CC(C)CC(NC(=O)C(C)Nc1cccc2ccccc12)C(=O)NC(C=O)CC(=O)O. The lowest BCUT2D eigenvalue weighted by atomic mass is 10.0. The van der Waals surface area contributed by atoms with E-state index in [1.54, 1.807) is 6.92 Å². The molecular formula is C23H29N3O5. The van der Waals surface area contributed by atoms with Crippen LogP contribution in [0.15, 0.2) is 42.5 Å². The van der Waals surface area contributed by atoms with Crippen LogP contribution in [0.2, 0.25) is 0 Å². The molecule has 0 fully saturated rings. The van der Waals surface area contributed by atoms with Gasteiger partial charge in [-0.1, -0.05) is 50.2 Å². The molecule has 2 amide bonds. The maximum atomic E-state index is 12.8. The van der Waals surface area contributed by atoms with Crippen molar-refractivity contribution in [3.8, 4) is 0 Å². The molecule has 2 aromatic rings. The van der Waals surface area contributed by atoms with Gasteiger partial charge in [-0.05, 0) is 30.7 Å². The summed E-state index contributed by atoms with van der Waals surface area (Å²) in [6.07, 6.45) is 0.207. The number of nitrogens with one attached hydrogen (secondary N) is 3. The van der Waals surface area contributed by atoms with Gasteiger partial charge in [-0.3, -0.25) is 14.4 Å². The molecule has 0 spiro atoms. The van der Waals surface area contributed by atoms with Crippen LogP contribution in [0.1, 0.15) is 33.6 Å². The minimum atomic E-state index is -1.20. The fourth-order valence-electron chi connectivity index (χ4n) is 3.25. The Morgan fingerprint density at radius 1 is 0.968 bits per heavy atom. The van der Waals surface area contributed by atoms with Crippen LogP contribution < -0.4 is 16.0 Å². The molecule has 8 nitrogen and oxygen atoms in total. The van der Waals surface area contributed by atoms with E-state index in [-0.39, 0.29) is 11.8 Å². The number of carboxylic acids is 1. The van der Waals surface area contributed by atoms with E-state index in [2.05, 4.69) is 16.0 Å². The predicted molar refractivity (Wildman–Crippen MR) is 119 cm³/mol. The minimum absolute atomic E-state index is 0.0894. The highest BCUT2D eigenvalue weighted by Crippen LogP contribution is 2.23. The van der Waals surface area contributed by atoms with E-state index in [1.807, 2.05) is 56.3 Å². The second-order valence-corrected chi connectivity index (χ2v) is 7.93. The minimum Gasteiger partial charge on any atom is -0.481 e. The summed E-state index contributed by atoms with van der Waals surface area (Å²) in [6.45, 7) is 5.50. The molecule has 0 aromatic heterocycles. The Kier molecular flexibility index (Phi) is 8.54.